The van der Waals surface area contributed by atoms with Crippen molar-refractivity contribution in [3.63, 3.8) is 0 Å². The van der Waals surface area contributed by atoms with E-state index in [0.29, 0.717) is 5.69 Å². The largest absolute Gasteiger partial charge is 0.234 e. The molecule has 0 spiro atoms. The van der Waals surface area contributed by atoms with Crippen molar-refractivity contribution in [2.75, 3.05) is 0 Å². The van der Waals surface area contributed by atoms with Gasteiger partial charge in [-0.15, -0.1) is 0 Å². The van der Waals surface area contributed by atoms with Crippen LogP contribution >= 0.6 is 0 Å². The SMILES string of the molecule is C[n+]1ccnc(C#N)c1. The van der Waals surface area contributed by atoms with E-state index < -0.39 is 0 Å². The normalized spacial score (nSPS) is 8.44. The Morgan fingerprint density at radius 3 is 3.00 bits per heavy atom. The summed E-state index contributed by atoms with van der Waals surface area (Å²) in [7, 11) is 1.85. The third kappa shape index (κ3) is 1.23. The second kappa shape index (κ2) is 2.23. The summed E-state index contributed by atoms with van der Waals surface area (Å²) in [6, 6.07) is 1.94. The van der Waals surface area contributed by atoms with Crippen molar-refractivity contribution in [1.29, 1.82) is 5.26 Å². The number of aryl methyl sites for hydroxylation is 1. The Balaban J connectivity index is 3.12. The van der Waals surface area contributed by atoms with Crippen molar-refractivity contribution < 1.29 is 4.57 Å². The van der Waals surface area contributed by atoms with Crippen LogP contribution in [0.4, 0.5) is 0 Å². The Morgan fingerprint density at radius 1 is 1.78 bits per heavy atom. The van der Waals surface area contributed by atoms with Gasteiger partial charge in [0.25, 0.3) is 0 Å². The lowest BCUT2D eigenvalue weighted by atomic mass is 10.5. The summed E-state index contributed by atoms with van der Waals surface area (Å²) in [6.45, 7) is 0. The van der Waals surface area contributed by atoms with Gasteiger partial charge in [0, 0.05) is 0 Å². The number of aromatic nitrogens is 2. The van der Waals surface area contributed by atoms with Crippen LogP contribution in [0.1, 0.15) is 5.69 Å². The van der Waals surface area contributed by atoms with Crippen LogP contribution < -0.4 is 4.57 Å². The maximum absolute atomic E-state index is 8.34. The molecule has 0 aliphatic heterocycles. The van der Waals surface area contributed by atoms with Crippen LogP contribution in [0.5, 0.6) is 0 Å². The lowest BCUT2D eigenvalue weighted by Gasteiger charge is -1.82. The van der Waals surface area contributed by atoms with Crippen LogP contribution in [0, 0.1) is 11.3 Å². The van der Waals surface area contributed by atoms with E-state index in [1.54, 1.807) is 23.2 Å². The highest BCUT2D eigenvalue weighted by Crippen LogP contribution is 1.80. The molecule has 0 unspecified atom stereocenters. The fourth-order valence-corrected chi connectivity index (χ4v) is 0.546. The van der Waals surface area contributed by atoms with E-state index in [1.165, 1.54) is 0 Å². The molecule has 0 fully saturated rings. The molecular weight excluding hydrogens is 114 g/mol. The highest BCUT2D eigenvalue weighted by Gasteiger charge is 1.94. The molecule has 0 aromatic carbocycles. The Labute approximate surface area is 53.2 Å². The predicted molar refractivity (Wildman–Crippen MR) is 30.1 cm³/mol. The second-order valence-electron chi connectivity index (χ2n) is 1.72. The number of nitriles is 1. The molecule has 1 heterocycles. The van der Waals surface area contributed by atoms with Crippen molar-refractivity contribution in [2.45, 2.75) is 0 Å². The van der Waals surface area contributed by atoms with Crippen molar-refractivity contribution >= 4 is 0 Å². The molecule has 1 aromatic rings. The Bertz CT molecular complexity index is 249. The van der Waals surface area contributed by atoms with Gasteiger partial charge in [-0.25, -0.2) is 9.55 Å². The van der Waals surface area contributed by atoms with Crippen molar-refractivity contribution in [2.24, 2.45) is 7.05 Å². The molecule has 1 rings (SSSR count). The van der Waals surface area contributed by atoms with Crippen LogP contribution in [-0.4, -0.2) is 4.98 Å². The molecule has 0 saturated heterocycles. The van der Waals surface area contributed by atoms with Crippen LogP contribution in [0.25, 0.3) is 0 Å². The summed E-state index contributed by atoms with van der Waals surface area (Å²) >= 11 is 0. The average Bonchev–Trinajstić information content (AvgIpc) is 1.88. The van der Waals surface area contributed by atoms with Crippen molar-refractivity contribution in [3.05, 3.63) is 24.3 Å². The standard InChI is InChI=1S/C6H6N3/c1-9-3-2-8-6(4-7)5-9/h2-3,5H,1H3/q+1. The predicted octanol–water partition coefficient (Wildman–Crippen LogP) is -0.222. The van der Waals surface area contributed by atoms with Gasteiger partial charge in [0.1, 0.15) is 13.1 Å². The Hall–Kier alpha value is -1.43. The maximum atomic E-state index is 8.34. The summed E-state index contributed by atoms with van der Waals surface area (Å²) in [6.07, 6.45) is 5.04. The molecule has 0 bridgehead atoms. The molecule has 3 nitrogen and oxygen atoms in total. The van der Waals surface area contributed by atoms with E-state index in [2.05, 4.69) is 4.98 Å². The highest BCUT2D eigenvalue weighted by molar-refractivity contribution is 5.11. The minimum Gasteiger partial charge on any atom is -0.234 e. The third-order valence-corrected chi connectivity index (χ3v) is 0.956. The number of hydrogen-bond donors (Lipinski definition) is 0. The molecule has 0 aliphatic rings. The zero-order chi connectivity index (χ0) is 6.69. The number of nitrogens with zero attached hydrogens (tertiary/aromatic N) is 3. The van der Waals surface area contributed by atoms with Crippen LogP contribution in [0.2, 0.25) is 0 Å². The molecule has 0 aliphatic carbocycles. The molecular formula is C6H6N3+. The highest BCUT2D eigenvalue weighted by atomic mass is 14.9. The first-order valence-electron chi connectivity index (χ1n) is 2.54. The first-order valence-corrected chi connectivity index (χ1v) is 2.54. The van der Waals surface area contributed by atoms with Crippen LogP contribution in [0.15, 0.2) is 18.6 Å². The van der Waals surface area contributed by atoms with Crippen LogP contribution in [0.3, 0.4) is 0 Å². The summed E-state index contributed by atoms with van der Waals surface area (Å²) in [5.74, 6) is 0. The van der Waals surface area contributed by atoms with E-state index in [0.717, 1.165) is 0 Å². The minimum absolute atomic E-state index is 0.444. The van der Waals surface area contributed by atoms with Gasteiger partial charge < -0.3 is 0 Å². The molecule has 0 amide bonds. The zero-order valence-corrected chi connectivity index (χ0v) is 5.07. The summed E-state index contributed by atoms with van der Waals surface area (Å²) in [4.78, 5) is 3.78. The lowest BCUT2D eigenvalue weighted by Crippen LogP contribution is -2.27. The lowest BCUT2D eigenvalue weighted by molar-refractivity contribution is -0.672. The van der Waals surface area contributed by atoms with Crippen molar-refractivity contribution in [1.82, 2.24) is 4.98 Å². The third-order valence-electron chi connectivity index (χ3n) is 0.956. The van der Waals surface area contributed by atoms with Gasteiger partial charge in [-0.05, 0) is 0 Å². The first kappa shape index (κ1) is 5.70. The van der Waals surface area contributed by atoms with E-state index >= 15 is 0 Å². The smallest absolute Gasteiger partial charge is 0.205 e. The van der Waals surface area contributed by atoms with Gasteiger partial charge in [-0.3, -0.25) is 0 Å². The monoisotopic (exact) mass is 120 g/mol. The molecule has 9 heavy (non-hydrogen) atoms. The van der Waals surface area contributed by atoms with E-state index in [-0.39, 0.29) is 0 Å². The summed E-state index contributed by atoms with van der Waals surface area (Å²) < 4.78 is 1.78. The van der Waals surface area contributed by atoms with Gasteiger partial charge in [0.2, 0.25) is 11.9 Å². The average molecular weight is 120 g/mol. The Kier molecular flexibility index (Phi) is 1.41. The zero-order valence-electron chi connectivity index (χ0n) is 5.07. The first-order chi connectivity index (χ1) is 4.33. The minimum atomic E-state index is 0.444. The molecule has 0 N–H and O–H groups in total. The molecule has 44 valence electrons. The Morgan fingerprint density at radius 2 is 2.56 bits per heavy atom. The summed E-state index contributed by atoms with van der Waals surface area (Å²) in [5.41, 5.74) is 0.444. The molecule has 1 aromatic heterocycles. The molecule has 0 atom stereocenters. The van der Waals surface area contributed by atoms with Gasteiger partial charge in [0.05, 0.1) is 6.20 Å². The van der Waals surface area contributed by atoms with Crippen LogP contribution in [-0.2, 0) is 7.05 Å². The fraction of sp³-hybridized carbons (Fsp3) is 0.167. The van der Waals surface area contributed by atoms with Gasteiger partial charge in [-0.1, -0.05) is 0 Å². The molecule has 0 radical (unpaired) electrons. The molecule has 3 heteroatoms. The van der Waals surface area contributed by atoms with Gasteiger partial charge in [0.15, 0.2) is 6.20 Å². The van der Waals surface area contributed by atoms with E-state index in [1.807, 2.05) is 13.1 Å². The van der Waals surface area contributed by atoms with E-state index in [4.69, 9.17) is 5.26 Å². The van der Waals surface area contributed by atoms with E-state index in [9.17, 15) is 0 Å². The quantitative estimate of drug-likeness (QED) is 0.444. The number of rotatable bonds is 0. The second-order valence-corrected chi connectivity index (χ2v) is 1.72. The fourth-order valence-electron chi connectivity index (χ4n) is 0.546. The van der Waals surface area contributed by atoms with Crippen molar-refractivity contribution in [3.8, 4) is 6.07 Å². The van der Waals surface area contributed by atoms with Gasteiger partial charge in [-0.2, -0.15) is 5.26 Å². The molecule has 0 saturated carbocycles. The topological polar surface area (TPSA) is 40.6 Å². The number of hydrogen-bond acceptors (Lipinski definition) is 2. The van der Waals surface area contributed by atoms with Gasteiger partial charge >= 0.3 is 0 Å². The summed E-state index contributed by atoms with van der Waals surface area (Å²) in [5, 5.41) is 8.34. The maximum Gasteiger partial charge on any atom is 0.205 e.